The van der Waals surface area contributed by atoms with Gasteiger partial charge in [-0.25, -0.2) is 4.79 Å². The van der Waals surface area contributed by atoms with Crippen LogP contribution >= 0.6 is 11.3 Å². The highest BCUT2D eigenvalue weighted by Crippen LogP contribution is 2.24. The van der Waals surface area contributed by atoms with Crippen molar-refractivity contribution in [3.63, 3.8) is 0 Å². The van der Waals surface area contributed by atoms with Gasteiger partial charge in [0.1, 0.15) is 5.82 Å². The van der Waals surface area contributed by atoms with E-state index in [4.69, 9.17) is 5.73 Å². The number of aromatic nitrogens is 2. The molecule has 34 heavy (non-hydrogen) atoms. The number of rotatable bonds is 9. The minimum absolute atomic E-state index is 0.0136. The Morgan fingerprint density at radius 3 is 2.62 bits per heavy atom. The first-order chi connectivity index (χ1) is 16.5. The van der Waals surface area contributed by atoms with Crippen molar-refractivity contribution >= 4 is 28.7 Å². The van der Waals surface area contributed by atoms with E-state index in [-0.39, 0.29) is 30.4 Å². The fraction of sp³-hybridized carbons (Fsp3) is 0.346. The van der Waals surface area contributed by atoms with Crippen molar-refractivity contribution in [2.24, 2.45) is 0 Å². The van der Waals surface area contributed by atoms with Gasteiger partial charge in [-0.05, 0) is 55.5 Å². The third kappa shape index (κ3) is 5.75. The van der Waals surface area contributed by atoms with E-state index in [0.29, 0.717) is 19.4 Å². The summed E-state index contributed by atoms with van der Waals surface area (Å²) in [6, 6.07) is 13.4. The minimum atomic E-state index is -0.631. The van der Waals surface area contributed by atoms with Crippen molar-refractivity contribution in [1.82, 2.24) is 9.55 Å². The summed E-state index contributed by atoms with van der Waals surface area (Å²) in [5.74, 6) is -0.161. The Hall–Kier alpha value is -3.39. The van der Waals surface area contributed by atoms with Crippen LogP contribution in [0, 0.1) is 0 Å². The van der Waals surface area contributed by atoms with Crippen LogP contribution in [0.2, 0.25) is 0 Å². The van der Waals surface area contributed by atoms with Gasteiger partial charge in [-0.2, -0.15) is 0 Å². The highest BCUT2D eigenvalue weighted by atomic mass is 32.1. The van der Waals surface area contributed by atoms with E-state index in [9.17, 15) is 14.4 Å². The van der Waals surface area contributed by atoms with E-state index < -0.39 is 11.2 Å². The van der Waals surface area contributed by atoms with E-state index in [1.807, 2.05) is 47.8 Å². The third-order valence-corrected chi connectivity index (χ3v) is 7.11. The Kier molecular flexibility index (Phi) is 7.80. The molecule has 2 heterocycles. The molecule has 3 N–H and O–H groups in total. The molecule has 0 fully saturated rings. The topological polar surface area (TPSA) is 101 Å². The van der Waals surface area contributed by atoms with E-state index >= 15 is 0 Å². The van der Waals surface area contributed by atoms with Crippen molar-refractivity contribution in [2.45, 2.75) is 51.5 Å². The van der Waals surface area contributed by atoms with E-state index in [2.05, 4.69) is 11.1 Å². The molecule has 0 saturated carbocycles. The number of nitrogens with zero attached hydrogens (tertiary/aromatic N) is 2. The smallest absolute Gasteiger partial charge is 0.330 e. The maximum absolute atomic E-state index is 13.4. The number of anilines is 2. The summed E-state index contributed by atoms with van der Waals surface area (Å²) in [7, 11) is 0. The van der Waals surface area contributed by atoms with Gasteiger partial charge in [-0.3, -0.25) is 19.1 Å². The van der Waals surface area contributed by atoms with Crippen molar-refractivity contribution in [3.8, 4) is 0 Å². The fourth-order valence-corrected chi connectivity index (χ4v) is 5.04. The molecular weight excluding hydrogens is 448 g/mol. The maximum atomic E-state index is 13.4. The molecule has 3 aromatic rings. The van der Waals surface area contributed by atoms with Gasteiger partial charge < -0.3 is 10.6 Å². The SMILES string of the molecule is Nc1c(N(CCC2=CCCCC2)C(=O)CCc2cccs2)c(=O)[nH]c(=O)n1Cc1ccccc1. The second-order valence-corrected chi connectivity index (χ2v) is 9.58. The van der Waals surface area contributed by atoms with E-state index in [0.717, 1.165) is 29.7 Å². The lowest BCUT2D eigenvalue weighted by Gasteiger charge is -2.25. The molecule has 0 spiro atoms. The number of amides is 1. The van der Waals surface area contributed by atoms with Gasteiger partial charge in [-0.1, -0.05) is 48.0 Å². The summed E-state index contributed by atoms with van der Waals surface area (Å²) in [4.78, 5) is 43.9. The molecule has 178 valence electrons. The lowest BCUT2D eigenvalue weighted by atomic mass is 9.97. The quantitative estimate of drug-likeness (QED) is 0.453. The summed E-state index contributed by atoms with van der Waals surface area (Å²) < 4.78 is 1.32. The molecule has 0 aliphatic heterocycles. The number of nitrogens with two attached hydrogens (primary N) is 1. The zero-order valence-electron chi connectivity index (χ0n) is 19.2. The molecule has 0 saturated heterocycles. The molecule has 4 rings (SSSR count). The van der Waals surface area contributed by atoms with Crippen LogP contribution in [0.3, 0.4) is 0 Å². The molecule has 0 bridgehead atoms. The van der Waals surface area contributed by atoms with Crippen LogP contribution in [-0.4, -0.2) is 22.0 Å². The van der Waals surface area contributed by atoms with E-state index in [1.165, 1.54) is 21.5 Å². The molecule has 1 aliphatic carbocycles. The van der Waals surface area contributed by atoms with Gasteiger partial charge in [0.15, 0.2) is 5.69 Å². The Labute approximate surface area is 202 Å². The summed E-state index contributed by atoms with van der Waals surface area (Å²) >= 11 is 1.60. The zero-order chi connectivity index (χ0) is 23.9. The number of H-pyrrole nitrogens is 1. The number of hydrogen-bond donors (Lipinski definition) is 2. The number of allylic oxidation sites excluding steroid dienone is 1. The number of carbonyl (C=O) groups is 1. The summed E-state index contributed by atoms with van der Waals surface area (Å²) in [5, 5.41) is 1.98. The van der Waals surface area contributed by atoms with Gasteiger partial charge in [0.2, 0.25) is 5.91 Å². The summed E-state index contributed by atoms with van der Waals surface area (Å²) in [6.07, 6.45) is 8.16. The summed E-state index contributed by atoms with van der Waals surface area (Å²) in [5.41, 5.74) is 7.42. The average molecular weight is 479 g/mol. The van der Waals surface area contributed by atoms with Crippen LogP contribution in [0.1, 0.15) is 49.0 Å². The predicted molar refractivity (Wildman–Crippen MR) is 137 cm³/mol. The molecule has 7 nitrogen and oxygen atoms in total. The lowest BCUT2D eigenvalue weighted by Crippen LogP contribution is -2.42. The Morgan fingerprint density at radius 1 is 1.09 bits per heavy atom. The first kappa shape index (κ1) is 23.8. The lowest BCUT2D eigenvalue weighted by molar-refractivity contribution is -0.118. The second kappa shape index (κ2) is 11.2. The molecule has 2 aromatic heterocycles. The highest BCUT2D eigenvalue weighted by Gasteiger charge is 2.24. The van der Waals surface area contributed by atoms with Crippen molar-refractivity contribution in [3.05, 3.63) is 90.8 Å². The number of aryl methyl sites for hydroxylation is 1. The Bertz CT molecular complexity index is 1260. The molecular formula is C26H30N4O3S. The maximum Gasteiger partial charge on any atom is 0.330 e. The van der Waals surface area contributed by atoms with Crippen LogP contribution < -0.4 is 21.9 Å². The van der Waals surface area contributed by atoms with Crippen LogP contribution in [0.15, 0.2) is 69.1 Å². The Morgan fingerprint density at radius 2 is 1.91 bits per heavy atom. The van der Waals surface area contributed by atoms with Crippen LogP contribution in [0.5, 0.6) is 0 Å². The van der Waals surface area contributed by atoms with Crippen LogP contribution in [0.4, 0.5) is 11.5 Å². The molecule has 0 unspecified atom stereocenters. The number of thiophene rings is 1. The normalized spacial score (nSPS) is 13.5. The van der Waals surface area contributed by atoms with Crippen LogP contribution in [0.25, 0.3) is 0 Å². The molecule has 8 heteroatoms. The molecule has 1 aliphatic rings. The third-order valence-electron chi connectivity index (χ3n) is 6.18. The van der Waals surface area contributed by atoms with E-state index in [1.54, 1.807) is 11.3 Å². The predicted octanol–water partition coefficient (Wildman–Crippen LogP) is 4.08. The van der Waals surface area contributed by atoms with Gasteiger partial charge in [0.05, 0.1) is 6.54 Å². The second-order valence-electron chi connectivity index (χ2n) is 8.55. The molecule has 1 aromatic carbocycles. The Balaban J connectivity index is 1.66. The van der Waals surface area contributed by atoms with Crippen molar-refractivity contribution in [1.29, 1.82) is 0 Å². The number of nitrogens with one attached hydrogen (secondary N) is 1. The zero-order valence-corrected chi connectivity index (χ0v) is 20.0. The first-order valence-corrected chi connectivity index (χ1v) is 12.6. The van der Waals surface area contributed by atoms with Gasteiger partial charge >= 0.3 is 5.69 Å². The number of benzene rings is 1. The fourth-order valence-electron chi connectivity index (χ4n) is 4.33. The van der Waals surface area contributed by atoms with Gasteiger partial charge in [-0.15, -0.1) is 11.3 Å². The molecule has 1 amide bonds. The largest absolute Gasteiger partial charge is 0.383 e. The van der Waals surface area contributed by atoms with Crippen LogP contribution in [-0.2, 0) is 17.8 Å². The number of hydrogen-bond acceptors (Lipinski definition) is 5. The highest BCUT2D eigenvalue weighted by molar-refractivity contribution is 7.09. The minimum Gasteiger partial charge on any atom is -0.383 e. The summed E-state index contributed by atoms with van der Waals surface area (Å²) in [6.45, 7) is 0.559. The molecule has 0 atom stereocenters. The van der Waals surface area contributed by atoms with Gasteiger partial charge in [0.25, 0.3) is 5.56 Å². The monoisotopic (exact) mass is 478 g/mol. The standard InChI is InChI=1S/C26H30N4O3S/c27-24-23(25(32)28-26(33)30(24)18-20-10-5-2-6-11-20)29(16-15-19-8-3-1-4-9-19)22(31)14-13-21-12-7-17-34-21/h2,5-8,10-12,17H,1,3-4,9,13-16,18,27H2,(H,28,32,33). The number of aromatic amines is 1. The van der Waals surface area contributed by atoms with Crippen molar-refractivity contribution in [2.75, 3.05) is 17.2 Å². The number of carbonyl (C=O) groups excluding carboxylic acids is 1. The molecule has 0 radical (unpaired) electrons. The number of nitrogen functional groups attached to an aromatic ring is 1. The van der Waals surface area contributed by atoms with Gasteiger partial charge in [0, 0.05) is 17.8 Å². The first-order valence-electron chi connectivity index (χ1n) is 11.7. The van der Waals surface area contributed by atoms with Crippen molar-refractivity contribution < 1.29 is 4.79 Å². The average Bonchev–Trinajstić information content (AvgIpc) is 3.37.